The second kappa shape index (κ2) is 73.1. The van der Waals surface area contributed by atoms with Gasteiger partial charge in [-0.3, -0.25) is 9.59 Å². The molecule has 0 heterocycles. The molecule has 0 aromatic carbocycles. The highest BCUT2D eigenvalue weighted by Gasteiger charge is 2.22. The maximum Gasteiger partial charge on any atom is 0.306 e. The van der Waals surface area contributed by atoms with Crippen LogP contribution >= 0.6 is 0 Å². The lowest BCUT2D eigenvalue weighted by atomic mass is 10.0. The van der Waals surface area contributed by atoms with Crippen LogP contribution in [0.2, 0.25) is 0 Å². The summed E-state index contributed by atoms with van der Waals surface area (Å²) in [6, 6.07) is 0. The summed E-state index contributed by atoms with van der Waals surface area (Å²) < 4.78 is 22.9. The minimum atomic E-state index is -1.62. The molecule has 0 amide bonds. The van der Waals surface area contributed by atoms with E-state index < -0.39 is 24.3 Å². The highest BCUT2D eigenvalue weighted by molar-refractivity contribution is 5.70. The number of nitrogens with zero attached hydrogens (tertiary/aromatic N) is 1. The first kappa shape index (κ1) is 88.3. The van der Waals surface area contributed by atoms with E-state index in [0.717, 1.165) is 38.5 Å². The Kier molecular flexibility index (Phi) is 71.7. The lowest BCUT2D eigenvalue weighted by Crippen LogP contribution is -2.44. The van der Waals surface area contributed by atoms with Crippen molar-refractivity contribution in [1.82, 2.24) is 0 Å². The van der Waals surface area contributed by atoms with Crippen molar-refractivity contribution in [2.24, 2.45) is 0 Å². The third-order valence-electron chi connectivity index (χ3n) is 19.1. The Morgan fingerprint density at radius 3 is 0.711 bits per heavy atom. The zero-order chi connectivity index (χ0) is 65.4. The molecule has 0 bridgehead atoms. The molecule has 0 radical (unpaired) electrons. The van der Waals surface area contributed by atoms with E-state index >= 15 is 0 Å². The Balaban J connectivity index is 3.93. The van der Waals surface area contributed by atoms with E-state index in [4.69, 9.17) is 18.9 Å². The van der Waals surface area contributed by atoms with E-state index in [1.165, 1.54) is 379 Å². The summed E-state index contributed by atoms with van der Waals surface area (Å²) in [5.74, 6) is -2.24. The standard InChI is InChI=1S/C81H159NO8/c1-6-8-10-12-14-16-18-20-22-24-26-28-30-32-34-36-37-38-39-40-41-42-44-46-48-50-52-54-56-58-60-62-64-66-68-70-72-79(84)90-77(76-89-81(80(85)86)87-74-73-82(3,4)5)75-88-78(83)71-69-67-65-63-61-59-57-55-53-51-49-47-45-43-35-33-31-29-27-25-23-21-19-17-15-13-11-9-7-2/h77,81H,6-76H2,1-5H3. The Morgan fingerprint density at radius 2 is 0.500 bits per heavy atom. The van der Waals surface area contributed by atoms with Crippen molar-refractivity contribution in [3.8, 4) is 0 Å². The lowest BCUT2D eigenvalue weighted by molar-refractivity contribution is -0.870. The first-order valence-corrected chi connectivity index (χ1v) is 40.7. The average Bonchev–Trinajstić information content (AvgIpc) is 3.65. The van der Waals surface area contributed by atoms with Crippen LogP contribution in [0.25, 0.3) is 0 Å². The van der Waals surface area contributed by atoms with Gasteiger partial charge in [-0.25, -0.2) is 0 Å². The van der Waals surface area contributed by atoms with Crippen molar-refractivity contribution >= 4 is 17.9 Å². The second-order valence-electron chi connectivity index (χ2n) is 29.4. The zero-order valence-electron chi connectivity index (χ0n) is 61.6. The SMILES string of the molecule is CCCCCCCCCCCCCCCCCCCCCCCCCCCCCCCCCCCCCCC(=O)OC(COC(=O)CCCCCCCCCCCCCCCCCCCCCCCCCCCCCCC)COC(OCC[N+](C)(C)C)C(=O)[O-]. The molecule has 0 aromatic heterocycles. The highest BCUT2D eigenvalue weighted by atomic mass is 16.7. The van der Waals surface area contributed by atoms with E-state index in [1.807, 2.05) is 21.1 Å². The number of hydrogen-bond acceptors (Lipinski definition) is 8. The van der Waals surface area contributed by atoms with Gasteiger partial charge in [-0.2, -0.15) is 0 Å². The average molecular weight is 1280 g/mol. The summed E-state index contributed by atoms with van der Waals surface area (Å²) in [4.78, 5) is 37.6. The quantitative estimate of drug-likeness (QED) is 0.0256. The number of hydrogen-bond donors (Lipinski definition) is 0. The van der Waals surface area contributed by atoms with Crippen molar-refractivity contribution in [2.75, 3.05) is 47.5 Å². The maximum absolute atomic E-state index is 13.0. The Hall–Kier alpha value is -1.71. The predicted octanol–water partition coefficient (Wildman–Crippen LogP) is 24.4. The van der Waals surface area contributed by atoms with Gasteiger partial charge in [-0.1, -0.05) is 418 Å². The number of esters is 2. The molecule has 2 atom stereocenters. The molecule has 0 N–H and O–H groups in total. The topological polar surface area (TPSA) is 111 Å². The van der Waals surface area contributed by atoms with E-state index in [0.29, 0.717) is 17.4 Å². The van der Waals surface area contributed by atoms with Crippen LogP contribution in [0.15, 0.2) is 0 Å². The summed E-state index contributed by atoms with van der Waals surface area (Å²) >= 11 is 0. The summed E-state index contributed by atoms with van der Waals surface area (Å²) in [6.07, 6.45) is 86.7. The number of carboxylic acids is 1. The van der Waals surface area contributed by atoms with Gasteiger partial charge in [-0.05, 0) is 12.8 Å². The van der Waals surface area contributed by atoms with Gasteiger partial charge < -0.3 is 33.3 Å². The molecule has 536 valence electrons. The number of quaternary nitrogens is 1. The summed E-state index contributed by atoms with van der Waals surface area (Å²) in [5.41, 5.74) is 0. The molecule has 9 heteroatoms. The molecule has 90 heavy (non-hydrogen) atoms. The molecule has 0 aliphatic heterocycles. The molecule has 2 unspecified atom stereocenters. The Morgan fingerprint density at radius 1 is 0.289 bits per heavy atom. The number of carboxylic acid groups (broad SMARTS) is 1. The smallest absolute Gasteiger partial charge is 0.306 e. The first-order valence-electron chi connectivity index (χ1n) is 40.7. The normalized spacial score (nSPS) is 12.5. The fourth-order valence-electron chi connectivity index (χ4n) is 12.9. The fourth-order valence-corrected chi connectivity index (χ4v) is 12.9. The molecule has 0 spiro atoms. The van der Waals surface area contributed by atoms with E-state index in [9.17, 15) is 19.5 Å². The van der Waals surface area contributed by atoms with Crippen LogP contribution < -0.4 is 5.11 Å². The molecule has 0 aliphatic rings. The van der Waals surface area contributed by atoms with Crippen LogP contribution in [0.3, 0.4) is 0 Å². The molecular weight excluding hydrogens is 1110 g/mol. The number of carbonyl (C=O) groups excluding carboxylic acids is 3. The highest BCUT2D eigenvalue weighted by Crippen LogP contribution is 2.21. The van der Waals surface area contributed by atoms with Gasteiger partial charge >= 0.3 is 11.9 Å². The number of carbonyl (C=O) groups is 3. The molecule has 0 aliphatic carbocycles. The van der Waals surface area contributed by atoms with Gasteiger partial charge in [0.1, 0.15) is 13.2 Å². The van der Waals surface area contributed by atoms with Gasteiger partial charge in [0.05, 0.1) is 40.3 Å². The lowest BCUT2D eigenvalue weighted by Gasteiger charge is -2.26. The zero-order valence-corrected chi connectivity index (χ0v) is 61.6. The monoisotopic (exact) mass is 1270 g/mol. The van der Waals surface area contributed by atoms with Crippen molar-refractivity contribution in [2.45, 2.75) is 456 Å². The van der Waals surface area contributed by atoms with Gasteiger partial charge in [0, 0.05) is 12.8 Å². The van der Waals surface area contributed by atoms with Crippen molar-refractivity contribution in [1.29, 1.82) is 0 Å². The number of ether oxygens (including phenoxy) is 4. The van der Waals surface area contributed by atoms with Crippen molar-refractivity contribution in [3.05, 3.63) is 0 Å². The van der Waals surface area contributed by atoms with Crippen LogP contribution in [0.1, 0.15) is 444 Å². The first-order chi connectivity index (χ1) is 44.1. The molecule has 0 saturated heterocycles. The largest absolute Gasteiger partial charge is 0.545 e. The fraction of sp³-hybridized carbons (Fsp3) is 0.963. The van der Waals surface area contributed by atoms with Gasteiger partial charge in [0.2, 0.25) is 0 Å². The van der Waals surface area contributed by atoms with Gasteiger partial charge in [0.15, 0.2) is 12.4 Å². The van der Waals surface area contributed by atoms with Crippen LogP contribution in [-0.2, 0) is 33.3 Å². The van der Waals surface area contributed by atoms with Gasteiger partial charge in [0.25, 0.3) is 0 Å². The Bertz CT molecular complexity index is 1440. The third-order valence-corrected chi connectivity index (χ3v) is 19.1. The predicted molar refractivity (Wildman–Crippen MR) is 385 cm³/mol. The molecule has 0 rings (SSSR count). The maximum atomic E-state index is 13.0. The number of aliphatic carboxylic acids is 1. The van der Waals surface area contributed by atoms with Crippen LogP contribution in [0.5, 0.6) is 0 Å². The minimum Gasteiger partial charge on any atom is -0.545 e. The van der Waals surface area contributed by atoms with E-state index in [2.05, 4.69) is 13.8 Å². The number of rotatable bonds is 78. The molecule has 9 nitrogen and oxygen atoms in total. The summed E-state index contributed by atoms with van der Waals surface area (Å²) in [5, 5.41) is 11.9. The number of likely N-dealkylation sites (N-methyl/N-ethyl adjacent to an activating group) is 1. The molecular formula is C81H159NO8. The summed E-state index contributed by atoms with van der Waals surface area (Å²) in [6.45, 7) is 4.86. The second-order valence-corrected chi connectivity index (χ2v) is 29.4. The molecule has 0 saturated carbocycles. The van der Waals surface area contributed by atoms with E-state index in [-0.39, 0.29) is 32.2 Å². The summed E-state index contributed by atoms with van der Waals surface area (Å²) in [7, 11) is 5.96. The van der Waals surface area contributed by atoms with Crippen LogP contribution in [0, 0.1) is 0 Å². The molecule has 0 fully saturated rings. The van der Waals surface area contributed by atoms with Crippen molar-refractivity contribution < 1.29 is 42.9 Å². The van der Waals surface area contributed by atoms with Crippen molar-refractivity contribution in [3.63, 3.8) is 0 Å². The van der Waals surface area contributed by atoms with Gasteiger partial charge in [-0.15, -0.1) is 0 Å². The third kappa shape index (κ3) is 73.7. The van der Waals surface area contributed by atoms with Crippen LogP contribution in [-0.4, -0.2) is 82.3 Å². The van der Waals surface area contributed by atoms with Crippen LogP contribution in [0.4, 0.5) is 0 Å². The Labute approximate surface area is 562 Å². The number of unbranched alkanes of at least 4 members (excludes halogenated alkanes) is 63. The minimum absolute atomic E-state index is 0.154. The van der Waals surface area contributed by atoms with E-state index in [1.54, 1.807) is 0 Å². The molecule has 0 aromatic rings.